The Bertz CT molecular complexity index is 647. The summed E-state index contributed by atoms with van der Waals surface area (Å²) in [7, 11) is 1.88. The minimum absolute atomic E-state index is 0.0463. The Balaban J connectivity index is 1.95. The van der Waals surface area contributed by atoms with Crippen LogP contribution in [0.15, 0.2) is 24.3 Å². The number of fused-ring (bicyclic) bond motifs is 1. The van der Waals surface area contributed by atoms with Crippen LogP contribution in [-0.4, -0.2) is 39.7 Å². The molecule has 5 nitrogen and oxygen atoms in total. The van der Waals surface area contributed by atoms with E-state index in [-0.39, 0.29) is 11.9 Å². The summed E-state index contributed by atoms with van der Waals surface area (Å²) in [5.41, 5.74) is 7.26. The quantitative estimate of drug-likeness (QED) is 0.937. The Morgan fingerprint density at radius 2 is 2.19 bits per heavy atom. The molecule has 1 unspecified atom stereocenters. The average Bonchev–Trinajstić information content (AvgIpc) is 2.85. The number of aromatic nitrogens is 2. The zero-order chi connectivity index (χ0) is 14.8. The number of rotatable bonds is 3. The first-order chi connectivity index (χ1) is 10.2. The number of carbonyl (C=O) groups excluding carboxylic acids is 1. The van der Waals surface area contributed by atoms with Gasteiger partial charge in [0.15, 0.2) is 5.69 Å². The van der Waals surface area contributed by atoms with Crippen LogP contribution in [0.3, 0.4) is 0 Å². The molecular formula is C16H22N4O. The highest BCUT2D eigenvalue weighted by atomic mass is 16.2. The standard InChI is InChI=1S/C16H22N4O/c1-19-14-8-3-2-7-13(14)15(18-19)16(21)20-11-5-4-6-12(20)9-10-17/h2-3,7-8,12H,4-6,9-11,17H2,1H3. The minimum Gasteiger partial charge on any atom is -0.334 e. The van der Waals surface area contributed by atoms with Crippen LogP contribution in [-0.2, 0) is 7.05 Å². The SMILES string of the molecule is Cn1nc(C(=O)N2CCCCC2CCN)c2ccccc21. The first kappa shape index (κ1) is 14.1. The van der Waals surface area contributed by atoms with Crippen LogP contribution in [0.5, 0.6) is 0 Å². The largest absolute Gasteiger partial charge is 0.334 e. The van der Waals surface area contributed by atoms with Crippen molar-refractivity contribution in [3.8, 4) is 0 Å². The Morgan fingerprint density at radius 3 is 3.00 bits per heavy atom. The number of amides is 1. The van der Waals surface area contributed by atoms with E-state index < -0.39 is 0 Å². The van der Waals surface area contributed by atoms with Gasteiger partial charge in [-0.1, -0.05) is 18.2 Å². The number of hydrogen-bond acceptors (Lipinski definition) is 3. The molecule has 1 aromatic heterocycles. The number of para-hydroxylation sites is 1. The topological polar surface area (TPSA) is 64.2 Å². The Morgan fingerprint density at radius 1 is 1.38 bits per heavy atom. The summed E-state index contributed by atoms with van der Waals surface area (Å²) >= 11 is 0. The lowest BCUT2D eigenvalue weighted by atomic mass is 9.98. The van der Waals surface area contributed by atoms with Gasteiger partial charge in [-0.15, -0.1) is 0 Å². The van der Waals surface area contributed by atoms with Crippen LogP contribution in [0.2, 0.25) is 0 Å². The van der Waals surface area contributed by atoms with Gasteiger partial charge in [0.25, 0.3) is 5.91 Å². The summed E-state index contributed by atoms with van der Waals surface area (Å²) in [6, 6.07) is 8.14. The van der Waals surface area contributed by atoms with Crippen molar-refractivity contribution in [1.29, 1.82) is 0 Å². The predicted molar refractivity (Wildman–Crippen MR) is 83.1 cm³/mol. The summed E-state index contributed by atoms with van der Waals surface area (Å²) in [6.45, 7) is 1.44. The molecule has 0 saturated carbocycles. The van der Waals surface area contributed by atoms with E-state index in [9.17, 15) is 4.79 Å². The molecule has 21 heavy (non-hydrogen) atoms. The maximum atomic E-state index is 12.9. The minimum atomic E-state index is 0.0463. The second-order valence-electron chi connectivity index (χ2n) is 5.71. The highest BCUT2D eigenvalue weighted by Gasteiger charge is 2.29. The number of nitrogens with two attached hydrogens (primary N) is 1. The molecule has 0 spiro atoms. The molecule has 112 valence electrons. The van der Waals surface area contributed by atoms with Gasteiger partial charge >= 0.3 is 0 Å². The number of piperidine rings is 1. The maximum absolute atomic E-state index is 12.9. The van der Waals surface area contributed by atoms with Gasteiger partial charge in [-0.3, -0.25) is 9.48 Å². The maximum Gasteiger partial charge on any atom is 0.275 e. The fourth-order valence-electron chi connectivity index (χ4n) is 3.27. The number of carbonyl (C=O) groups is 1. The average molecular weight is 286 g/mol. The number of benzene rings is 1. The van der Waals surface area contributed by atoms with Gasteiger partial charge in [0, 0.05) is 25.0 Å². The third kappa shape index (κ3) is 2.53. The molecule has 1 saturated heterocycles. The lowest BCUT2D eigenvalue weighted by Gasteiger charge is -2.35. The zero-order valence-corrected chi connectivity index (χ0v) is 12.5. The van der Waals surface area contributed by atoms with Crippen LogP contribution in [0, 0.1) is 0 Å². The van der Waals surface area contributed by atoms with Crippen molar-refractivity contribution in [2.24, 2.45) is 12.8 Å². The van der Waals surface area contributed by atoms with Crippen molar-refractivity contribution in [2.45, 2.75) is 31.7 Å². The van der Waals surface area contributed by atoms with Crippen molar-refractivity contribution in [1.82, 2.24) is 14.7 Å². The molecule has 2 heterocycles. The zero-order valence-electron chi connectivity index (χ0n) is 12.5. The van der Waals surface area contributed by atoms with Crippen LogP contribution >= 0.6 is 0 Å². The third-order valence-corrected chi connectivity index (χ3v) is 4.35. The van der Waals surface area contributed by atoms with Crippen LogP contribution in [0.25, 0.3) is 10.9 Å². The summed E-state index contributed by atoms with van der Waals surface area (Å²) < 4.78 is 1.78. The highest BCUT2D eigenvalue weighted by Crippen LogP contribution is 2.24. The van der Waals surface area contributed by atoms with Crippen molar-refractivity contribution >= 4 is 16.8 Å². The Hall–Kier alpha value is -1.88. The van der Waals surface area contributed by atoms with E-state index in [2.05, 4.69) is 5.10 Å². The molecular weight excluding hydrogens is 264 g/mol. The van der Waals surface area contributed by atoms with Crippen molar-refractivity contribution in [3.05, 3.63) is 30.0 Å². The van der Waals surface area contributed by atoms with Gasteiger partial charge < -0.3 is 10.6 Å². The number of hydrogen-bond donors (Lipinski definition) is 1. The van der Waals surface area contributed by atoms with Crippen LogP contribution < -0.4 is 5.73 Å². The van der Waals surface area contributed by atoms with E-state index in [1.807, 2.05) is 36.2 Å². The third-order valence-electron chi connectivity index (χ3n) is 4.35. The molecule has 1 fully saturated rings. The second-order valence-corrected chi connectivity index (χ2v) is 5.71. The molecule has 1 aromatic carbocycles. The highest BCUT2D eigenvalue weighted by molar-refractivity contribution is 6.05. The molecule has 1 aliphatic heterocycles. The lowest BCUT2D eigenvalue weighted by molar-refractivity contribution is 0.0600. The molecule has 1 amide bonds. The Kier molecular flexibility index (Phi) is 3.92. The van der Waals surface area contributed by atoms with Gasteiger partial charge in [-0.25, -0.2) is 0 Å². The fraction of sp³-hybridized carbons (Fsp3) is 0.500. The number of nitrogens with zero attached hydrogens (tertiary/aromatic N) is 3. The van der Waals surface area contributed by atoms with Crippen LogP contribution in [0.4, 0.5) is 0 Å². The summed E-state index contributed by atoms with van der Waals surface area (Å²) in [5, 5.41) is 5.39. The second kappa shape index (κ2) is 5.85. The molecule has 2 N–H and O–H groups in total. The summed E-state index contributed by atoms with van der Waals surface area (Å²) in [6.07, 6.45) is 4.17. The van der Waals surface area contributed by atoms with Gasteiger partial charge in [-0.05, 0) is 38.3 Å². The first-order valence-corrected chi connectivity index (χ1v) is 7.65. The Labute approximate surface area is 124 Å². The monoisotopic (exact) mass is 286 g/mol. The molecule has 0 aliphatic carbocycles. The normalized spacial score (nSPS) is 19.1. The number of likely N-dealkylation sites (tertiary alicyclic amines) is 1. The molecule has 0 bridgehead atoms. The van der Waals surface area contributed by atoms with Crippen molar-refractivity contribution in [3.63, 3.8) is 0 Å². The van der Waals surface area contributed by atoms with Gasteiger partial charge in [-0.2, -0.15) is 5.10 Å². The van der Waals surface area contributed by atoms with E-state index in [1.54, 1.807) is 4.68 Å². The van der Waals surface area contributed by atoms with E-state index >= 15 is 0 Å². The lowest BCUT2D eigenvalue weighted by Crippen LogP contribution is -2.44. The summed E-state index contributed by atoms with van der Waals surface area (Å²) in [5.74, 6) is 0.0463. The molecule has 1 atom stereocenters. The van der Waals surface area contributed by atoms with E-state index in [0.717, 1.165) is 36.7 Å². The molecule has 1 aliphatic rings. The van der Waals surface area contributed by atoms with Crippen molar-refractivity contribution in [2.75, 3.05) is 13.1 Å². The fourth-order valence-corrected chi connectivity index (χ4v) is 3.27. The smallest absolute Gasteiger partial charge is 0.275 e. The van der Waals surface area contributed by atoms with Crippen molar-refractivity contribution < 1.29 is 4.79 Å². The van der Waals surface area contributed by atoms with E-state index in [1.165, 1.54) is 6.42 Å². The summed E-state index contributed by atoms with van der Waals surface area (Å²) in [4.78, 5) is 14.9. The van der Waals surface area contributed by atoms with E-state index in [4.69, 9.17) is 5.73 Å². The van der Waals surface area contributed by atoms with Gasteiger partial charge in [0.05, 0.1) is 5.52 Å². The first-order valence-electron chi connectivity index (χ1n) is 7.65. The van der Waals surface area contributed by atoms with E-state index in [0.29, 0.717) is 12.2 Å². The number of aryl methyl sites for hydroxylation is 1. The molecule has 3 rings (SSSR count). The molecule has 5 heteroatoms. The van der Waals surface area contributed by atoms with Gasteiger partial charge in [0.1, 0.15) is 0 Å². The van der Waals surface area contributed by atoms with Crippen LogP contribution in [0.1, 0.15) is 36.2 Å². The van der Waals surface area contributed by atoms with Gasteiger partial charge in [0.2, 0.25) is 0 Å². The molecule has 0 radical (unpaired) electrons. The predicted octanol–water partition coefficient (Wildman–Crippen LogP) is 1.92. The molecule has 2 aromatic rings.